The van der Waals surface area contributed by atoms with E-state index in [1.807, 2.05) is 0 Å². The maximum atomic E-state index is 6.20. The number of piperidine rings is 5. The third kappa shape index (κ3) is 29.1. The van der Waals surface area contributed by atoms with Gasteiger partial charge in [-0.05, 0) is 321 Å². The first kappa shape index (κ1) is 110. The molecule has 0 spiro atoms. The van der Waals surface area contributed by atoms with Crippen LogP contribution in [0.3, 0.4) is 0 Å². The highest BCUT2D eigenvalue weighted by Crippen LogP contribution is 2.48. The summed E-state index contributed by atoms with van der Waals surface area (Å²) < 4.78 is 0. The molecule has 5 saturated heterocycles. The van der Waals surface area contributed by atoms with Crippen LogP contribution in [-0.2, 0) is 0 Å². The third-order valence-electron chi connectivity index (χ3n) is 33.0. The van der Waals surface area contributed by atoms with E-state index in [0.29, 0.717) is 0 Å². The first-order chi connectivity index (χ1) is 61.1. The molecule has 0 radical (unpaired) electrons. The van der Waals surface area contributed by atoms with Crippen LogP contribution in [0.4, 0.5) is 53.5 Å². The lowest BCUT2D eigenvalue weighted by molar-refractivity contribution is -0.0136. The van der Waals surface area contributed by atoms with Crippen molar-refractivity contribution >= 4 is 53.5 Å². The zero-order valence-electron chi connectivity index (χ0n) is 91.3. The number of hydrogen-bond acceptors (Lipinski definition) is 23. The van der Waals surface area contributed by atoms with Gasteiger partial charge < -0.3 is 44.1 Å². The molecule has 0 atom stereocenters. The van der Waals surface area contributed by atoms with Crippen molar-refractivity contribution < 1.29 is 0 Å². The lowest BCUT2D eigenvalue weighted by Crippen LogP contribution is -2.63. The van der Waals surface area contributed by atoms with Gasteiger partial charge in [-0.3, -0.25) is 24.5 Å². The Balaban J connectivity index is 1.24. The second-order valence-corrected chi connectivity index (χ2v) is 47.9. The highest BCUT2D eigenvalue weighted by atomic mass is 15.5. The minimum Gasteiger partial charge on any atom is -0.341 e. The van der Waals surface area contributed by atoms with E-state index in [1.165, 1.54) is 0 Å². The van der Waals surface area contributed by atoms with Gasteiger partial charge in [0.25, 0.3) is 0 Å². The molecule has 5 aliphatic rings. The first-order valence-electron chi connectivity index (χ1n) is 53.9. The predicted octanol–water partition coefficient (Wildman–Crippen LogP) is 23.5. The van der Waals surface area contributed by atoms with Gasteiger partial charge in [0.2, 0.25) is 53.5 Å². The quantitative estimate of drug-likeness (QED) is 0.0490. The van der Waals surface area contributed by atoms with E-state index in [4.69, 9.17) is 44.9 Å². The molecule has 23 nitrogen and oxygen atoms in total. The van der Waals surface area contributed by atoms with Crippen LogP contribution < -0.4 is 44.1 Å². The van der Waals surface area contributed by atoms with Gasteiger partial charge in [-0.25, -0.2) is 0 Å². The van der Waals surface area contributed by atoms with Gasteiger partial charge >= 0.3 is 0 Å². The SMILES string of the molecule is CCCCN(CCCC)c1nc(N(CCCC)CCCC)nc(N(CCCCCCN(c2nc(N(CCCC)C3CC(C)(C)N(C)C(C)(C)C3)nc(N(CCCCCCN(c3nc(N(CCCC)CCCC)nc(N(CCCC)CCCC)n3)C3CC(C)(C)N(C)C(C)(C)C3)C3CC(C)(C)N(C)C(C)(C)C3)n2)C2CC(C)(C)N(C)C(C)(C)C2)C2CC(C)(C)N(C)C(C)(C)C2)n1. The van der Waals surface area contributed by atoms with Crippen molar-refractivity contribution in [2.24, 2.45) is 0 Å². The Morgan fingerprint density at radius 3 is 0.431 bits per heavy atom. The summed E-state index contributed by atoms with van der Waals surface area (Å²) in [6.07, 6.45) is 38.8. The lowest BCUT2D eigenvalue weighted by atomic mass is 9.77. The molecule has 5 fully saturated rings. The van der Waals surface area contributed by atoms with Gasteiger partial charge in [0.1, 0.15) is 0 Å². The maximum Gasteiger partial charge on any atom is 0.232 e. The zero-order valence-corrected chi connectivity index (χ0v) is 91.3. The standard InChI is InChI=1S/C107H205N23/c1-35-44-61-122(62-45-36-2)89-108-90(123(63-46-37-3)64-47-38-4)111-93(110-89)127(85-76-100(14,15)118(31)101(16,17)77-85)70-57-53-55-59-72-129(87-80-104(22,23)120(33)105(24,25)81-87)96-114-95(126(69-52-43-9)84-74-98(10,11)117(30)99(12,13)75-84)115-97(116-96)130(88-82-106(26,27)121(34)107(28,29)83-88)73-60-56-54-58-71-128(86-78-102(18,19)119(32)103(20,21)79-86)94-112-91(124(65-48-39-5)66-49-40-6)109-92(113-94)125(67-50-41-7)68-51-42-8/h84-88H,35-83H2,1-34H3. The van der Waals surface area contributed by atoms with Crippen LogP contribution in [0.5, 0.6) is 0 Å². The normalized spacial score (nSPS) is 20.8. The molecule has 3 aromatic rings. The summed E-state index contributed by atoms with van der Waals surface area (Å²) in [5.41, 5.74) is -0.528. The highest BCUT2D eigenvalue weighted by Gasteiger charge is 2.52. The van der Waals surface area contributed by atoms with Crippen LogP contribution in [0.2, 0.25) is 0 Å². The molecule has 0 aromatic carbocycles. The summed E-state index contributed by atoms with van der Waals surface area (Å²) in [5.74, 6) is 7.79. The number of aromatic nitrogens is 9. The van der Waals surface area contributed by atoms with E-state index in [2.05, 4.69) is 305 Å². The van der Waals surface area contributed by atoms with E-state index < -0.39 is 0 Å². The second-order valence-electron chi connectivity index (χ2n) is 47.9. The van der Waals surface area contributed by atoms with Crippen molar-refractivity contribution in [2.75, 3.05) is 164 Å². The Bertz CT molecular complexity index is 3390. The number of nitrogens with zero attached hydrogens (tertiary/aromatic N) is 23. The molecule has 0 saturated carbocycles. The summed E-state index contributed by atoms with van der Waals surface area (Å²) in [6.45, 7) is 82.4. The van der Waals surface area contributed by atoms with Gasteiger partial charge in [-0.2, -0.15) is 44.9 Å². The van der Waals surface area contributed by atoms with E-state index in [1.54, 1.807) is 0 Å². The molecule has 3 aromatic heterocycles. The molecule has 23 heteroatoms. The van der Waals surface area contributed by atoms with Crippen molar-refractivity contribution in [2.45, 2.75) is 518 Å². The number of hydrogen-bond donors (Lipinski definition) is 0. The molecule has 0 aliphatic carbocycles. The Hall–Kier alpha value is -4.97. The maximum absolute atomic E-state index is 6.20. The summed E-state index contributed by atoms with van der Waals surface area (Å²) >= 11 is 0. The van der Waals surface area contributed by atoms with Crippen molar-refractivity contribution in [1.29, 1.82) is 0 Å². The number of likely N-dealkylation sites (tertiary alicyclic amines) is 5. The molecule has 0 bridgehead atoms. The minimum absolute atomic E-state index is 0.0273. The second kappa shape index (κ2) is 48.4. The average Bonchev–Trinajstić information content (AvgIpc) is 0.760. The number of anilines is 9. The Kier molecular flexibility index (Phi) is 41.0. The smallest absolute Gasteiger partial charge is 0.232 e. The van der Waals surface area contributed by atoms with Crippen LogP contribution in [0.1, 0.15) is 432 Å². The largest absolute Gasteiger partial charge is 0.341 e. The van der Waals surface area contributed by atoms with Gasteiger partial charge in [-0.1, -0.05) is 146 Å². The molecule has 0 unspecified atom stereocenters. The van der Waals surface area contributed by atoms with E-state index >= 15 is 0 Å². The van der Waals surface area contributed by atoms with Gasteiger partial charge in [-0.15, -0.1) is 0 Å². The van der Waals surface area contributed by atoms with Gasteiger partial charge in [0.15, 0.2) is 0 Å². The molecule has 8 heterocycles. The fraction of sp³-hybridized carbons (Fsp3) is 0.916. The minimum atomic E-state index is -0.0809. The average molecular weight is 1810 g/mol. The van der Waals surface area contributed by atoms with Crippen molar-refractivity contribution in [3.63, 3.8) is 0 Å². The molecule has 130 heavy (non-hydrogen) atoms. The van der Waals surface area contributed by atoms with Crippen LogP contribution in [-0.4, -0.2) is 275 Å². The molecule has 5 aliphatic heterocycles. The fourth-order valence-corrected chi connectivity index (χ4v) is 23.4. The lowest BCUT2D eigenvalue weighted by Gasteiger charge is -2.56. The van der Waals surface area contributed by atoms with Crippen molar-refractivity contribution in [1.82, 2.24) is 69.4 Å². The Morgan fingerprint density at radius 1 is 0.177 bits per heavy atom. The third-order valence-corrected chi connectivity index (χ3v) is 33.0. The van der Waals surface area contributed by atoms with Gasteiger partial charge in [0, 0.05) is 171 Å². The van der Waals surface area contributed by atoms with Crippen LogP contribution >= 0.6 is 0 Å². The van der Waals surface area contributed by atoms with E-state index in [0.717, 1.165) is 370 Å². The number of rotatable bonds is 55. The molecule has 0 amide bonds. The molecule has 748 valence electrons. The van der Waals surface area contributed by atoms with E-state index in [-0.39, 0.29) is 85.6 Å². The predicted molar refractivity (Wildman–Crippen MR) is 561 cm³/mol. The summed E-state index contributed by atoms with van der Waals surface area (Å²) in [4.78, 5) is 89.3. The van der Waals surface area contributed by atoms with Crippen LogP contribution in [0.25, 0.3) is 0 Å². The molecule has 0 N–H and O–H groups in total. The Morgan fingerprint density at radius 2 is 0.292 bits per heavy atom. The monoisotopic (exact) mass is 1810 g/mol. The first-order valence-corrected chi connectivity index (χ1v) is 53.9. The Labute approximate surface area is 800 Å². The summed E-state index contributed by atoms with van der Waals surface area (Å²) in [5, 5.41) is 0. The summed E-state index contributed by atoms with van der Waals surface area (Å²) in [6, 6.07) is 1.12. The molecule has 8 rings (SSSR count). The van der Waals surface area contributed by atoms with Gasteiger partial charge in [0.05, 0.1) is 0 Å². The molecular weight excluding hydrogens is 1610 g/mol. The van der Waals surface area contributed by atoms with Crippen molar-refractivity contribution in [3.8, 4) is 0 Å². The molecular formula is C107H205N23. The zero-order chi connectivity index (χ0) is 96.2. The van der Waals surface area contributed by atoms with Crippen molar-refractivity contribution in [3.05, 3.63) is 0 Å². The highest BCUT2D eigenvalue weighted by molar-refractivity contribution is 5.52. The number of unbranched alkanes of at least 4 members (excludes halogenated alkanes) is 15. The topological polar surface area (TPSA) is 161 Å². The van der Waals surface area contributed by atoms with Crippen LogP contribution in [0.15, 0.2) is 0 Å². The van der Waals surface area contributed by atoms with E-state index in [9.17, 15) is 0 Å². The van der Waals surface area contributed by atoms with Crippen LogP contribution in [0, 0.1) is 0 Å². The summed E-state index contributed by atoms with van der Waals surface area (Å²) in [7, 11) is 11.8. The fourth-order valence-electron chi connectivity index (χ4n) is 23.4.